The monoisotopic (exact) mass is 254 g/mol. The van der Waals surface area contributed by atoms with Crippen molar-refractivity contribution in [1.29, 1.82) is 0 Å². The first-order chi connectivity index (χ1) is 8.15. The van der Waals surface area contributed by atoms with Crippen molar-refractivity contribution in [3.05, 3.63) is 12.2 Å². The first-order valence-corrected chi connectivity index (χ1v) is 7.40. The first-order valence-electron chi connectivity index (χ1n) is 6.42. The van der Waals surface area contributed by atoms with Gasteiger partial charge in [0, 0.05) is 23.8 Å². The number of hydrogen-bond acceptors (Lipinski definition) is 4. The van der Waals surface area contributed by atoms with Crippen LogP contribution in [0.15, 0.2) is 6.33 Å². The van der Waals surface area contributed by atoms with Gasteiger partial charge < -0.3 is 5.73 Å². The van der Waals surface area contributed by atoms with Crippen LogP contribution in [-0.4, -0.2) is 31.3 Å². The van der Waals surface area contributed by atoms with Crippen molar-refractivity contribution in [3.8, 4) is 0 Å². The van der Waals surface area contributed by atoms with Crippen LogP contribution in [-0.2, 0) is 13.0 Å². The molecular weight excluding hydrogens is 232 g/mol. The number of thioether (sulfide) groups is 1. The van der Waals surface area contributed by atoms with Crippen molar-refractivity contribution >= 4 is 11.8 Å². The van der Waals surface area contributed by atoms with Crippen LogP contribution in [0.3, 0.4) is 0 Å². The molecule has 0 spiro atoms. The normalized spacial score (nSPS) is 26.3. The molecule has 1 fully saturated rings. The molecule has 2 atom stereocenters. The quantitative estimate of drug-likeness (QED) is 0.871. The summed E-state index contributed by atoms with van der Waals surface area (Å²) in [5.74, 6) is 2.28. The number of nitrogens with zero attached hydrogens (tertiary/aromatic N) is 3. The summed E-state index contributed by atoms with van der Waals surface area (Å²) in [4.78, 5) is 4.34. The van der Waals surface area contributed by atoms with Gasteiger partial charge in [-0.15, -0.1) is 0 Å². The minimum atomic E-state index is 0.176. The Morgan fingerprint density at radius 3 is 3.12 bits per heavy atom. The molecule has 1 aromatic rings. The second kappa shape index (κ2) is 5.40. The second-order valence-corrected chi connectivity index (χ2v) is 6.60. The predicted molar refractivity (Wildman–Crippen MR) is 72.1 cm³/mol. The smallest absolute Gasteiger partial charge is 0.138 e. The molecule has 0 bridgehead atoms. The number of hydrogen-bond donors (Lipinski definition) is 1. The molecular formula is C12H22N4S. The van der Waals surface area contributed by atoms with Crippen LogP contribution in [0.5, 0.6) is 0 Å². The first kappa shape index (κ1) is 12.9. The second-order valence-electron chi connectivity index (χ2n) is 4.97. The molecule has 5 heteroatoms. The minimum Gasteiger partial charge on any atom is -0.326 e. The van der Waals surface area contributed by atoms with Gasteiger partial charge in [0.1, 0.15) is 12.2 Å². The van der Waals surface area contributed by atoms with Gasteiger partial charge in [0.15, 0.2) is 0 Å². The molecule has 0 aromatic carbocycles. The van der Waals surface area contributed by atoms with Gasteiger partial charge in [-0.1, -0.05) is 6.92 Å². The number of aromatic nitrogens is 3. The molecule has 0 amide bonds. The van der Waals surface area contributed by atoms with Crippen LogP contribution in [0.25, 0.3) is 0 Å². The predicted octanol–water partition coefficient (Wildman–Crippen LogP) is 1.84. The summed E-state index contributed by atoms with van der Waals surface area (Å²) in [7, 11) is 0. The van der Waals surface area contributed by atoms with E-state index in [4.69, 9.17) is 5.73 Å². The van der Waals surface area contributed by atoms with Crippen molar-refractivity contribution in [2.45, 2.75) is 56.9 Å². The molecule has 2 unspecified atom stereocenters. The van der Waals surface area contributed by atoms with Gasteiger partial charge in [-0.25, -0.2) is 4.98 Å². The summed E-state index contributed by atoms with van der Waals surface area (Å²) in [6.45, 7) is 5.38. The Morgan fingerprint density at radius 1 is 1.65 bits per heavy atom. The molecule has 2 heterocycles. The molecule has 1 saturated heterocycles. The molecule has 1 aliphatic heterocycles. The Morgan fingerprint density at radius 2 is 2.47 bits per heavy atom. The largest absolute Gasteiger partial charge is 0.326 e. The van der Waals surface area contributed by atoms with Crippen molar-refractivity contribution in [2.75, 3.05) is 5.75 Å². The third kappa shape index (κ3) is 2.83. The van der Waals surface area contributed by atoms with E-state index in [1.165, 1.54) is 18.6 Å². The Labute approximate surface area is 107 Å². The SMILES string of the molecule is CCCn1ncnc1CC(N)C1(C)CCCS1. The highest BCUT2D eigenvalue weighted by Gasteiger charge is 2.36. The highest BCUT2D eigenvalue weighted by atomic mass is 32.2. The molecule has 0 saturated carbocycles. The van der Waals surface area contributed by atoms with E-state index in [-0.39, 0.29) is 10.8 Å². The van der Waals surface area contributed by atoms with E-state index >= 15 is 0 Å². The summed E-state index contributed by atoms with van der Waals surface area (Å²) in [6, 6.07) is 0.176. The van der Waals surface area contributed by atoms with E-state index in [1.54, 1.807) is 6.33 Å². The van der Waals surface area contributed by atoms with Gasteiger partial charge in [0.2, 0.25) is 0 Å². The lowest BCUT2D eigenvalue weighted by Crippen LogP contribution is -2.43. The third-order valence-corrected chi connectivity index (χ3v) is 5.23. The zero-order chi connectivity index (χ0) is 12.3. The molecule has 96 valence electrons. The number of aryl methyl sites for hydroxylation is 1. The van der Waals surface area contributed by atoms with E-state index in [1.807, 2.05) is 16.4 Å². The van der Waals surface area contributed by atoms with E-state index in [0.29, 0.717) is 0 Å². The van der Waals surface area contributed by atoms with Crippen molar-refractivity contribution in [3.63, 3.8) is 0 Å². The standard InChI is InChI=1S/C12H22N4S/c1-3-6-16-11(14-9-15-16)8-10(13)12(2)5-4-7-17-12/h9-10H,3-8,13H2,1-2H3. The Balaban J connectivity index is 2.02. The van der Waals surface area contributed by atoms with Crippen molar-refractivity contribution in [1.82, 2.24) is 14.8 Å². The average molecular weight is 254 g/mol. The van der Waals surface area contributed by atoms with Gasteiger partial charge in [-0.3, -0.25) is 4.68 Å². The molecule has 1 aromatic heterocycles. The van der Waals surface area contributed by atoms with E-state index in [0.717, 1.165) is 25.2 Å². The lowest BCUT2D eigenvalue weighted by atomic mass is 9.94. The molecule has 17 heavy (non-hydrogen) atoms. The highest BCUT2D eigenvalue weighted by molar-refractivity contribution is 8.00. The van der Waals surface area contributed by atoms with E-state index < -0.39 is 0 Å². The molecule has 2 N–H and O–H groups in total. The van der Waals surface area contributed by atoms with Crippen molar-refractivity contribution < 1.29 is 0 Å². The van der Waals surface area contributed by atoms with Crippen LogP contribution < -0.4 is 5.73 Å². The van der Waals surface area contributed by atoms with Gasteiger partial charge in [0.05, 0.1) is 0 Å². The summed E-state index contributed by atoms with van der Waals surface area (Å²) in [6.07, 6.45) is 6.07. The van der Waals surface area contributed by atoms with Gasteiger partial charge in [0.25, 0.3) is 0 Å². The molecule has 4 nitrogen and oxygen atoms in total. The maximum absolute atomic E-state index is 6.37. The fourth-order valence-electron chi connectivity index (χ4n) is 2.35. The highest BCUT2D eigenvalue weighted by Crippen LogP contribution is 2.40. The van der Waals surface area contributed by atoms with Gasteiger partial charge >= 0.3 is 0 Å². The Bertz CT molecular complexity index is 357. The molecule has 0 aliphatic carbocycles. The number of nitrogens with two attached hydrogens (primary N) is 1. The van der Waals surface area contributed by atoms with Gasteiger partial charge in [-0.2, -0.15) is 16.9 Å². The van der Waals surface area contributed by atoms with Crippen LogP contribution in [0.1, 0.15) is 38.9 Å². The van der Waals surface area contributed by atoms with Crippen LogP contribution in [0, 0.1) is 0 Å². The zero-order valence-electron chi connectivity index (χ0n) is 10.7. The summed E-state index contributed by atoms with van der Waals surface area (Å²) >= 11 is 2.01. The molecule has 1 aliphatic rings. The third-order valence-electron chi connectivity index (χ3n) is 3.57. The average Bonchev–Trinajstić information content (AvgIpc) is 2.90. The fourth-order valence-corrected chi connectivity index (χ4v) is 3.69. The number of rotatable bonds is 5. The summed E-state index contributed by atoms with van der Waals surface area (Å²) in [5.41, 5.74) is 6.37. The lowest BCUT2D eigenvalue weighted by molar-refractivity contribution is 0.457. The van der Waals surface area contributed by atoms with Gasteiger partial charge in [-0.05, 0) is 31.9 Å². The zero-order valence-corrected chi connectivity index (χ0v) is 11.5. The summed E-state index contributed by atoms with van der Waals surface area (Å²) < 4.78 is 2.21. The van der Waals surface area contributed by atoms with Crippen LogP contribution in [0.2, 0.25) is 0 Å². The maximum Gasteiger partial charge on any atom is 0.138 e. The van der Waals surface area contributed by atoms with E-state index in [9.17, 15) is 0 Å². The fraction of sp³-hybridized carbons (Fsp3) is 0.833. The Kier molecular flexibility index (Phi) is 4.09. The summed E-state index contributed by atoms with van der Waals surface area (Å²) in [5, 5.41) is 4.25. The minimum absolute atomic E-state index is 0.176. The molecule has 0 radical (unpaired) electrons. The van der Waals surface area contributed by atoms with Crippen LogP contribution >= 0.6 is 11.8 Å². The lowest BCUT2D eigenvalue weighted by Gasteiger charge is -2.29. The van der Waals surface area contributed by atoms with E-state index in [2.05, 4.69) is 23.9 Å². The van der Waals surface area contributed by atoms with Crippen molar-refractivity contribution in [2.24, 2.45) is 5.73 Å². The Hall–Kier alpha value is -0.550. The molecule has 2 rings (SSSR count). The topological polar surface area (TPSA) is 56.7 Å². The van der Waals surface area contributed by atoms with Crippen LogP contribution in [0.4, 0.5) is 0 Å². The maximum atomic E-state index is 6.37.